The first-order valence-corrected chi connectivity index (χ1v) is 9.32. The van der Waals surface area contributed by atoms with Gasteiger partial charge in [0, 0.05) is 40.7 Å². The Balaban J connectivity index is 1.70. The highest BCUT2D eigenvalue weighted by atomic mass is 35.5. The van der Waals surface area contributed by atoms with E-state index in [0.717, 1.165) is 17.8 Å². The average Bonchev–Trinajstić information content (AvgIpc) is 3.18. The average molecular weight is 422 g/mol. The molecule has 1 aromatic carbocycles. The third-order valence-electron chi connectivity index (χ3n) is 4.20. The van der Waals surface area contributed by atoms with Crippen LogP contribution in [0.15, 0.2) is 36.7 Å². The summed E-state index contributed by atoms with van der Waals surface area (Å²) in [6.45, 7) is 4.77. The summed E-state index contributed by atoms with van der Waals surface area (Å²) in [7, 11) is 0. The van der Waals surface area contributed by atoms with Gasteiger partial charge in [-0.3, -0.25) is 14.2 Å². The van der Waals surface area contributed by atoms with Crippen LogP contribution in [0.2, 0.25) is 10.0 Å². The summed E-state index contributed by atoms with van der Waals surface area (Å²) in [5.74, 6) is -0.639. The van der Waals surface area contributed by atoms with Crippen LogP contribution in [0.25, 0.3) is 6.08 Å². The zero-order chi connectivity index (χ0) is 20.3. The number of benzene rings is 1. The van der Waals surface area contributed by atoms with E-state index in [1.807, 2.05) is 18.5 Å². The highest BCUT2D eigenvalue weighted by molar-refractivity contribution is 6.33. The first kappa shape index (κ1) is 20.1. The predicted molar refractivity (Wildman–Crippen MR) is 108 cm³/mol. The molecule has 3 rings (SSSR count). The first-order valence-electron chi connectivity index (χ1n) is 8.56. The Kier molecular flexibility index (Phi) is 6.16. The van der Waals surface area contributed by atoms with Crippen LogP contribution in [0.4, 0.5) is 10.2 Å². The van der Waals surface area contributed by atoms with Crippen molar-refractivity contribution in [3.05, 3.63) is 69.4 Å². The minimum Gasteiger partial charge on any atom is -0.304 e. The van der Waals surface area contributed by atoms with E-state index in [1.54, 1.807) is 18.3 Å². The van der Waals surface area contributed by atoms with Crippen molar-refractivity contribution in [2.75, 3.05) is 5.32 Å². The van der Waals surface area contributed by atoms with E-state index in [0.29, 0.717) is 10.6 Å². The lowest BCUT2D eigenvalue weighted by atomic mass is 10.2. The number of halogens is 3. The van der Waals surface area contributed by atoms with E-state index < -0.39 is 5.82 Å². The van der Waals surface area contributed by atoms with Gasteiger partial charge < -0.3 is 5.32 Å². The van der Waals surface area contributed by atoms with Crippen molar-refractivity contribution in [1.29, 1.82) is 0 Å². The summed E-state index contributed by atoms with van der Waals surface area (Å²) in [5.41, 5.74) is 2.11. The highest BCUT2D eigenvalue weighted by Gasteiger charge is 2.13. The van der Waals surface area contributed by atoms with E-state index in [-0.39, 0.29) is 23.3 Å². The quantitative estimate of drug-likeness (QED) is 0.593. The number of carbonyl (C=O) groups is 1. The van der Waals surface area contributed by atoms with Gasteiger partial charge in [0.2, 0.25) is 5.91 Å². The summed E-state index contributed by atoms with van der Waals surface area (Å²) < 4.78 is 17.2. The van der Waals surface area contributed by atoms with Crippen molar-refractivity contribution in [3.63, 3.8) is 0 Å². The van der Waals surface area contributed by atoms with Gasteiger partial charge in [-0.05, 0) is 32.1 Å². The number of nitrogens with zero attached hydrogens (tertiary/aromatic N) is 4. The zero-order valence-corrected chi connectivity index (χ0v) is 16.8. The second kappa shape index (κ2) is 8.58. The van der Waals surface area contributed by atoms with Crippen LogP contribution in [-0.4, -0.2) is 25.5 Å². The van der Waals surface area contributed by atoms with Crippen LogP contribution in [0.5, 0.6) is 0 Å². The second-order valence-electron chi connectivity index (χ2n) is 6.05. The maximum absolute atomic E-state index is 13.9. The smallest absolute Gasteiger partial charge is 0.249 e. The highest BCUT2D eigenvalue weighted by Crippen LogP contribution is 2.23. The number of anilines is 1. The van der Waals surface area contributed by atoms with E-state index in [4.69, 9.17) is 23.2 Å². The van der Waals surface area contributed by atoms with Gasteiger partial charge >= 0.3 is 0 Å². The molecular formula is C19H18Cl2FN5O. The number of hydrogen-bond acceptors (Lipinski definition) is 3. The van der Waals surface area contributed by atoms with Gasteiger partial charge in [0.15, 0.2) is 5.82 Å². The lowest BCUT2D eigenvalue weighted by Gasteiger charge is -2.05. The van der Waals surface area contributed by atoms with Crippen LogP contribution >= 0.6 is 23.2 Å². The SMILES string of the molecule is CCn1ncc(/C=C/C(=O)Nc2nn(Cc3c(F)cccc3Cl)cc2Cl)c1C. The molecule has 146 valence electrons. The van der Waals surface area contributed by atoms with E-state index in [1.165, 1.54) is 29.1 Å². The van der Waals surface area contributed by atoms with E-state index in [9.17, 15) is 9.18 Å². The van der Waals surface area contributed by atoms with Crippen LogP contribution < -0.4 is 5.32 Å². The van der Waals surface area contributed by atoms with Gasteiger partial charge in [-0.1, -0.05) is 29.3 Å². The fourth-order valence-corrected chi connectivity index (χ4v) is 3.10. The molecule has 0 fully saturated rings. The lowest BCUT2D eigenvalue weighted by Crippen LogP contribution is -2.10. The van der Waals surface area contributed by atoms with E-state index >= 15 is 0 Å². The molecule has 0 saturated heterocycles. The van der Waals surface area contributed by atoms with Crippen molar-refractivity contribution >= 4 is 41.0 Å². The summed E-state index contributed by atoms with van der Waals surface area (Å²) in [4.78, 5) is 12.2. The third kappa shape index (κ3) is 4.43. The molecule has 0 atom stereocenters. The number of hydrogen-bond donors (Lipinski definition) is 1. The molecule has 28 heavy (non-hydrogen) atoms. The van der Waals surface area contributed by atoms with Gasteiger partial charge in [-0.25, -0.2) is 4.39 Å². The van der Waals surface area contributed by atoms with Gasteiger partial charge in [-0.2, -0.15) is 10.2 Å². The molecule has 2 heterocycles. The number of nitrogens with one attached hydrogen (secondary N) is 1. The second-order valence-corrected chi connectivity index (χ2v) is 6.86. The molecule has 3 aromatic rings. The Labute approximate surface area is 171 Å². The van der Waals surface area contributed by atoms with Gasteiger partial charge in [0.1, 0.15) is 10.8 Å². The van der Waals surface area contributed by atoms with E-state index in [2.05, 4.69) is 15.5 Å². The monoisotopic (exact) mass is 421 g/mol. The normalized spacial score (nSPS) is 11.3. The van der Waals surface area contributed by atoms with Crippen LogP contribution in [0, 0.1) is 12.7 Å². The molecule has 0 radical (unpaired) electrons. The number of carbonyl (C=O) groups excluding carboxylic acids is 1. The topological polar surface area (TPSA) is 64.7 Å². The summed E-state index contributed by atoms with van der Waals surface area (Å²) >= 11 is 12.2. The molecule has 0 spiro atoms. The largest absolute Gasteiger partial charge is 0.304 e. The molecule has 0 aliphatic heterocycles. The third-order valence-corrected chi connectivity index (χ3v) is 4.83. The van der Waals surface area contributed by atoms with Crippen molar-refractivity contribution in [1.82, 2.24) is 19.6 Å². The van der Waals surface area contributed by atoms with Crippen LogP contribution in [0.1, 0.15) is 23.7 Å². The minimum absolute atomic E-state index is 0.0896. The maximum Gasteiger partial charge on any atom is 0.249 e. The lowest BCUT2D eigenvalue weighted by molar-refractivity contribution is -0.111. The number of aromatic nitrogens is 4. The van der Waals surface area contributed by atoms with Crippen molar-refractivity contribution in [2.24, 2.45) is 0 Å². The van der Waals surface area contributed by atoms with Gasteiger partial charge in [0.05, 0.1) is 12.7 Å². The number of aryl methyl sites for hydroxylation is 1. The Hall–Kier alpha value is -2.64. The molecule has 0 bridgehead atoms. The molecule has 0 aliphatic carbocycles. The standard InChI is InChI=1S/C19H18Cl2FN5O/c1-3-27-12(2)13(9-23-27)7-8-18(28)24-19-16(21)11-26(25-19)10-14-15(20)5-4-6-17(14)22/h4-9,11H,3,10H2,1-2H3,(H,24,25,28)/b8-7+. The van der Waals surface area contributed by atoms with Crippen molar-refractivity contribution in [3.8, 4) is 0 Å². The van der Waals surface area contributed by atoms with Crippen molar-refractivity contribution in [2.45, 2.75) is 26.9 Å². The summed E-state index contributed by atoms with van der Waals surface area (Å²) in [6.07, 6.45) is 6.25. The molecule has 0 unspecified atom stereocenters. The number of amides is 1. The molecular weight excluding hydrogens is 404 g/mol. The van der Waals surface area contributed by atoms with Crippen LogP contribution in [-0.2, 0) is 17.9 Å². The van der Waals surface area contributed by atoms with Crippen LogP contribution in [0.3, 0.4) is 0 Å². The van der Waals surface area contributed by atoms with Crippen molar-refractivity contribution < 1.29 is 9.18 Å². The number of rotatable bonds is 6. The molecule has 2 aromatic heterocycles. The Morgan fingerprint density at radius 3 is 2.79 bits per heavy atom. The first-order chi connectivity index (χ1) is 13.4. The molecule has 9 heteroatoms. The summed E-state index contributed by atoms with van der Waals surface area (Å²) in [6, 6.07) is 4.45. The Bertz CT molecular complexity index is 1020. The Morgan fingerprint density at radius 2 is 2.11 bits per heavy atom. The zero-order valence-electron chi connectivity index (χ0n) is 15.3. The van der Waals surface area contributed by atoms with Gasteiger partial charge in [-0.15, -0.1) is 0 Å². The minimum atomic E-state index is -0.435. The summed E-state index contributed by atoms with van der Waals surface area (Å²) in [5, 5.41) is 11.6. The molecule has 1 N–H and O–H groups in total. The fraction of sp³-hybridized carbons (Fsp3) is 0.211. The molecule has 1 amide bonds. The molecule has 0 aliphatic rings. The predicted octanol–water partition coefficient (Wildman–Crippen LogP) is 4.55. The Morgan fingerprint density at radius 1 is 1.32 bits per heavy atom. The fourth-order valence-electron chi connectivity index (χ4n) is 2.68. The molecule has 6 nitrogen and oxygen atoms in total. The maximum atomic E-state index is 13.9. The molecule has 0 saturated carbocycles. The van der Waals surface area contributed by atoms with Gasteiger partial charge in [0.25, 0.3) is 0 Å².